The molecule has 1 aliphatic rings. The molecule has 1 saturated heterocycles. The van der Waals surface area contributed by atoms with Gasteiger partial charge in [-0.2, -0.15) is 8.78 Å². The molecule has 0 amide bonds. The zero-order chi connectivity index (χ0) is 14.7. The minimum Gasteiger partial charge on any atom is -0.465 e. The smallest absolute Gasteiger partial charge is 0.341 e. The molecule has 0 N–H and O–H groups in total. The molecule has 1 aromatic rings. The number of nitrogens with zero attached hydrogens (tertiary/aromatic N) is 2. The second kappa shape index (κ2) is 6.30. The molecular weight excluding hydrogens is 334 g/mol. The first kappa shape index (κ1) is 14.9. The molecule has 0 aromatic carbocycles. The number of halogens is 3. The SMILES string of the molecule is COC(=O)c1ccc(Br)nc1N1CCC(=C(F)F)CC1. The maximum absolute atomic E-state index is 12.5. The summed E-state index contributed by atoms with van der Waals surface area (Å²) < 4.78 is 30.4. The first-order valence-corrected chi connectivity index (χ1v) is 6.85. The van der Waals surface area contributed by atoms with Crippen LogP contribution in [0.4, 0.5) is 14.6 Å². The fraction of sp³-hybridized carbons (Fsp3) is 0.385. The lowest BCUT2D eigenvalue weighted by Gasteiger charge is -2.30. The second-order valence-corrected chi connectivity index (χ2v) is 5.16. The van der Waals surface area contributed by atoms with Gasteiger partial charge >= 0.3 is 5.97 Å². The maximum Gasteiger partial charge on any atom is 0.341 e. The summed E-state index contributed by atoms with van der Waals surface area (Å²) in [4.78, 5) is 17.8. The van der Waals surface area contributed by atoms with Gasteiger partial charge in [-0.15, -0.1) is 0 Å². The standard InChI is InChI=1S/C13H13BrF2N2O2/c1-20-13(19)9-2-3-10(14)17-12(9)18-6-4-8(5-7-18)11(15)16/h2-3H,4-7H2,1H3. The number of piperidine rings is 1. The Morgan fingerprint density at radius 3 is 2.55 bits per heavy atom. The summed E-state index contributed by atoms with van der Waals surface area (Å²) in [7, 11) is 1.30. The summed E-state index contributed by atoms with van der Waals surface area (Å²) >= 11 is 3.25. The lowest BCUT2D eigenvalue weighted by molar-refractivity contribution is 0.0601. The molecule has 108 valence electrons. The highest BCUT2D eigenvalue weighted by Crippen LogP contribution is 2.28. The molecule has 0 saturated carbocycles. The Kier molecular flexibility index (Phi) is 4.69. The molecule has 20 heavy (non-hydrogen) atoms. The number of rotatable bonds is 2. The van der Waals surface area contributed by atoms with E-state index in [1.807, 2.05) is 4.90 Å². The highest BCUT2D eigenvalue weighted by Gasteiger charge is 2.23. The summed E-state index contributed by atoms with van der Waals surface area (Å²) in [6.07, 6.45) is -1.05. The molecule has 1 fully saturated rings. The molecule has 7 heteroatoms. The van der Waals surface area contributed by atoms with E-state index in [1.165, 1.54) is 7.11 Å². The average Bonchev–Trinajstić information content (AvgIpc) is 2.46. The van der Waals surface area contributed by atoms with Crippen LogP contribution in [0.5, 0.6) is 0 Å². The summed E-state index contributed by atoms with van der Waals surface area (Å²) in [5.41, 5.74) is 0.514. The summed E-state index contributed by atoms with van der Waals surface area (Å²) in [6.45, 7) is 0.806. The van der Waals surface area contributed by atoms with E-state index in [4.69, 9.17) is 4.74 Å². The first-order valence-electron chi connectivity index (χ1n) is 6.05. The fourth-order valence-corrected chi connectivity index (χ4v) is 2.41. The number of carbonyl (C=O) groups excluding carboxylic acids is 1. The number of aromatic nitrogens is 1. The summed E-state index contributed by atoms with van der Waals surface area (Å²) in [5, 5.41) is 0. The zero-order valence-electron chi connectivity index (χ0n) is 10.8. The van der Waals surface area contributed by atoms with E-state index in [-0.39, 0.29) is 18.4 Å². The molecule has 0 aliphatic carbocycles. The molecule has 1 aliphatic heterocycles. The van der Waals surface area contributed by atoms with Crippen LogP contribution in [0.2, 0.25) is 0 Å². The van der Waals surface area contributed by atoms with Crippen LogP contribution in [0.1, 0.15) is 23.2 Å². The average molecular weight is 347 g/mol. The van der Waals surface area contributed by atoms with Crippen molar-refractivity contribution in [2.24, 2.45) is 0 Å². The summed E-state index contributed by atoms with van der Waals surface area (Å²) in [6, 6.07) is 3.26. The van der Waals surface area contributed by atoms with Gasteiger partial charge in [-0.05, 0) is 46.5 Å². The van der Waals surface area contributed by atoms with Crippen molar-refractivity contribution in [3.63, 3.8) is 0 Å². The molecule has 0 radical (unpaired) electrons. The first-order chi connectivity index (χ1) is 9.52. The van der Waals surface area contributed by atoms with Crippen molar-refractivity contribution < 1.29 is 18.3 Å². The Bertz CT molecular complexity index is 549. The molecule has 0 bridgehead atoms. The van der Waals surface area contributed by atoms with E-state index < -0.39 is 12.0 Å². The largest absolute Gasteiger partial charge is 0.465 e. The van der Waals surface area contributed by atoms with Gasteiger partial charge in [0.1, 0.15) is 16.0 Å². The third-order valence-electron chi connectivity index (χ3n) is 3.18. The van der Waals surface area contributed by atoms with Gasteiger partial charge in [-0.1, -0.05) is 0 Å². The van der Waals surface area contributed by atoms with Crippen molar-refractivity contribution in [2.45, 2.75) is 12.8 Å². The van der Waals surface area contributed by atoms with E-state index in [9.17, 15) is 13.6 Å². The van der Waals surface area contributed by atoms with Gasteiger partial charge < -0.3 is 9.64 Å². The highest BCUT2D eigenvalue weighted by molar-refractivity contribution is 9.10. The van der Waals surface area contributed by atoms with Crippen molar-refractivity contribution in [3.05, 3.63) is 34.0 Å². The van der Waals surface area contributed by atoms with Crippen LogP contribution in [-0.4, -0.2) is 31.2 Å². The quantitative estimate of drug-likeness (QED) is 0.608. The monoisotopic (exact) mass is 346 g/mol. The number of hydrogen-bond acceptors (Lipinski definition) is 4. The van der Waals surface area contributed by atoms with Crippen molar-refractivity contribution in [1.82, 2.24) is 4.98 Å². The molecule has 0 unspecified atom stereocenters. The predicted molar refractivity (Wildman–Crippen MR) is 74.0 cm³/mol. The van der Waals surface area contributed by atoms with Crippen LogP contribution in [0.3, 0.4) is 0 Å². The number of methoxy groups -OCH3 is 1. The third-order valence-corrected chi connectivity index (χ3v) is 3.62. The van der Waals surface area contributed by atoms with Gasteiger partial charge in [0.05, 0.1) is 7.11 Å². The van der Waals surface area contributed by atoms with E-state index >= 15 is 0 Å². The highest BCUT2D eigenvalue weighted by atomic mass is 79.9. The van der Waals surface area contributed by atoms with Crippen LogP contribution in [-0.2, 0) is 4.74 Å². The zero-order valence-corrected chi connectivity index (χ0v) is 12.4. The van der Waals surface area contributed by atoms with E-state index in [1.54, 1.807) is 12.1 Å². The van der Waals surface area contributed by atoms with Crippen molar-refractivity contribution in [1.29, 1.82) is 0 Å². The Labute approximate surface area is 123 Å². The van der Waals surface area contributed by atoms with E-state index in [0.29, 0.717) is 29.1 Å². The maximum atomic E-state index is 12.5. The molecular formula is C13H13BrF2N2O2. The van der Waals surface area contributed by atoms with Crippen LogP contribution in [0.15, 0.2) is 28.4 Å². The second-order valence-electron chi connectivity index (χ2n) is 4.35. The number of anilines is 1. The minimum absolute atomic E-state index is 0.177. The molecule has 1 aromatic heterocycles. The van der Waals surface area contributed by atoms with Gasteiger partial charge in [0.2, 0.25) is 0 Å². The number of hydrogen-bond donors (Lipinski definition) is 0. The number of esters is 1. The van der Waals surface area contributed by atoms with Crippen molar-refractivity contribution in [3.8, 4) is 0 Å². The molecule has 2 heterocycles. The number of pyridine rings is 1. The Balaban J connectivity index is 2.27. The lowest BCUT2D eigenvalue weighted by Crippen LogP contribution is -2.33. The van der Waals surface area contributed by atoms with Crippen LogP contribution >= 0.6 is 15.9 Å². The van der Waals surface area contributed by atoms with Gasteiger partial charge in [-0.3, -0.25) is 0 Å². The number of ether oxygens (including phenoxy) is 1. The van der Waals surface area contributed by atoms with Gasteiger partial charge in [-0.25, -0.2) is 9.78 Å². The Morgan fingerprint density at radius 1 is 1.35 bits per heavy atom. The van der Waals surface area contributed by atoms with Gasteiger partial charge in [0.25, 0.3) is 6.08 Å². The minimum atomic E-state index is -1.60. The third kappa shape index (κ3) is 3.15. The van der Waals surface area contributed by atoms with E-state index in [0.717, 1.165) is 0 Å². The molecule has 4 nitrogen and oxygen atoms in total. The fourth-order valence-electron chi connectivity index (χ4n) is 2.11. The topological polar surface area (TPSA) is 42.4 Å². The van der Waals surface area contributed by atoms with Crippen molar-refractivity contribution >= 4 is 27.7 Å². The molecule has 2 rings (SSSR count). The lowest BCUT2D eigenvalue weighted by atomic mass is 10.0. The van der Waals surface area contributed by atoms with Gasteiger partial charge in [0.15, 0.2) is 0 Å². The Hall–Kier alpha value is -1.50. The Morgan fingerprint density at radius 2 is 2.00 bits per heavy atom. The van der Waals surface area contributed by atoms with Crippen LogP contribution < -0.4 is 4.90 Å². The molecule has 0 atom stereocenters. The normalized spacial score (nSPS) is 15.2. The van der Waals surface area contributed by atoms with Gasteiger partial charge in [0, 0.05) is 13.1 Å². The van der Waals surface area contributed by atoms with Crippen LogP contribution in [0, 0.1) is 0 Å². The predicted octanol–water partition coefficient (Wildman–Crippen LogP) is 3.38. The van der Waals surface area contributed by atoms with E-state index in [2.05, 4.69) is 20.9 Å². The molecule has 0 spiro atoms. The van der Waals surface area contributed by atoms with Crippen molar-refractivity contribution in [2.75, 3.05) is 25.1 Å². The number of carbonyl (C=O) groups is 1. The van der Waals surface area contributed by atoms with Crippen LogP contribution in [0.25, 0.3) is 0 Å². The summed E-state index contributed by atoms with van der Waals surface area (Å²) in [5.74, 6) is -0.0254.